The van der Waals surface area contributed by atoms with E-state index in [0.717, 1.165) is 11.4 Å². The van der Waals surface area contributed by atoms with Crippen molar-refractivity contribution in [3.63, 3.8) is 0 Å². The van der Waals surface area contributed by atoms with Gasteiger partial charge < -0.3 is 20.8 Å². The van der Waals surface area contributed by atoms with Crippen LogP contribution in [0.15, 0.2) is 48.5 Å². The van der Waals surface area contributed by atoms with Crippen LogP contribution >= 0.6 is 0 Å². The molecule has 0 spiro atoms. The van der Waals surface area contributed by atoms with Crippen LogP contribution in [0.2, 0.25) is 0 Å². The number of nitrogens with one attached hydrogen (secondary N) is 2. The summed E-state index contributed by atoms with van der Waals surface area (Å²) in [4.78, 5) is 0. The van der Waals surface area contributed by atoms with Crippen molar-refractivity contribution in [1.82, 2.24) is 0 Å². The molecule has 0 aliphatic carbocycles. The molecular weight excluding hydrogens is 364 g/mol. The zero-order chi connectivity index (χ0) is 17.9. The van der Waals surface area contributed by atoms with E-state index in [9.17, 15) is 0 Å². The Kier molecular flexibility index (Phi) is 13.7. The second-order valence-electron chi connectivity index (χ2n) is 4.04. The normalized spacial score (nSPS) is 9.17. The van der Waals surface area contributed by atoms with Gasteiger partial charge in [0, 0.05) is 25.5 Å². The van der Waals surface area contributed by atoms with E-state index >= 15 is 0 Å². The summed E-state index contributed by atoms with van der Waals surface area (Å²) in [5.41, 5.74) is 2.01. The number of rotatable bonds is 2. The molecule has 8 nitrogen and oxygen atoms in total. The van der Waals surface area contributed by atoms with Gasteiger partial charge in [-0.2, -0.15) is 8.42 Å². The third-order valence-corrected chi connectivity index (χ3v) is 2.31. The van der Waals surface area contributed by atoms with Crippen molar-refractivity contribution in [3.8, 4) is 11.5 Å². The molecule has 2 aromatic carbocycles. The Bertz CT molecular complexity index is 609. The fraction of sp³-hybridized carbons (Fsp3) is 0.143. The van der Waals surface area contributed by atoms with Crippen LogP contribution in [-0.4, -0.2) is 79.6 Å². The fourth-order valence-corrected chi connectivity index (χ4v) is 1.26. The minimum absolute atomic E-state index is 0. The molecule has 0 atom stereocenters. The van der Waals surface area contributed by atoms with E-state index in [1.54, 1.807) is 24.3 Å². The quantitative estimate of drug-likeness (QED) is 0.258. The number of hydrogen-bond acceptors (Lipinski definition) is 6. The number of phenols is 2. The van der Waals surface area contributed by atoms with Crippen molar-refractivity contribution < 1.29 is 27.7 Å². The van der Waals surface area contributed by atoms with E-state index in [1.807, 2.05) is 38.4 Å². The van der Waals surface area contributed by atoms with Gasteiger partial charge in [-0.25, -0.2) is 0 Å². The van der Waals surface area contributed by atoms with E-state index in [0.29, 0.717) is 11.5 Å². The van der Waals surface area contributed by atoms with Gasteiger partial charge in [0.25, 0.3) is 0 Å². The van der Waals surface area contributed by atoms with Crippen LogP contribution in [0, 0.1) is 0 Å². The van der Waals surface area contributed by atoms with E-state index < -0.39 is 10.4 Å². The number of phenolic OH excluding ortho intramolecular Hbond substituents is 2. The molecule has 24 heavy (non-hydrogen) atoms. The summed E-state index contributed by atoms with van der Waals surface area (Å²) in [5.74, 6) is 0.600. The molecule has 0 aliphatic heterocycles. The van der Waals surface area contributed by atoms with Crippen LogP contribution in [0.25, 0.3) is 0 Å². The van der Waals surface area contributed by atoms with Crippen LogP contribution in [0.1, 0.15) is 0 Å². The first kappa shape index (κ1) is 25.0. The first-order chi connectivity index (χ1) is 10.7. The molecule has 0 unspecified atom stereocenters. The summed E-state index contributed by atoms with van der Waals surface area (Å²) in [6.07, 6.45) is 0. The molecule has 2 rings (SSSR count). The molecule has 0 aromatic heterocycles. The third-order valence-electron chi connectivity index (χ3n) is 2.31. The number of anilines is 2. The zero-order valence-electron chi connectivity index (χ0n) is 12.6. The molecular formula is C14H22CaN2O6S. The van der Waals surface area contributed by atoms with E-state index in [-0.39, 0.29) is 37.7 Å². The molecule has 0 radical (unpaired) electrons. The van der Waals surface area contributed by atoms with Gasteiger partial charge in [0.1, 0.15) is 11.5 Å². The Labute approximate surface area is 171 Å². The second-order valence-corrected chi connectivity index (χ2v) is 4.94. The molecule has 132 valence electrons. The Morgan fingerprint density at radius 2 is 0.917 bits per heavy atom. The standard InChI is InChI=1S/2C7H9NO.Ca.H2O4S.2H/c2*1-8-6-2-4-7(9)5-3-6;;1-5(2,3)4;;/h2*2-5,8-9H,1H3;;(H2,1,2,3,4);;. The van der Waals surface area contributed by atoms with Crippen LogP contribution in [0.4, 0.5) is 11.4 Å². The van der Waals surface area contributed by atoms with Crippen molar-refractivity contribution in [3.05, 3.63) is 48.5 Å². The molecule has 0 bridgehead atoms. The van der Waals surface area contributed by atoms with Crippen molar-refractivity contribution in [2.75, 3.05) is 24.7 Å². The summed E-state index contributed by atoms with van der Waals surface area (Å²) < 4.78 is 31.6. The maximum atomic E-state index is 8.82. The van der Waals surface area contributed by atoms with Crippen molar-refractivity contribution in [2.45, 2.75) is 0 Å². The number of hydrogen-bond donors (Lipinski definition) is 6. The Balaban J connectivity index is 0. The van der Waals surface area contributed by atoms with Crippen LogP contribution in [-0.2, 0) is 10.4 Å². The monoisotopic (exact) mass is 386 g/mol. The first-order valence-corrected chi connectivity index (χ1v) is 7.69. The number of aromatic hydroxyl groups is 2. The van der Waals surface area contributed by atoms with Crippen molar-refractivity contribution in [1.29, 1.82) is 0 Å². The summed E-state index contributed by atoms with van der Waals surface area (Å²) in [6, 6.07) is 13.8. The summed E-state index contributed by atoms with van der Waals surface area (Å²) in [6.45, 7) is 0. The molecule has 10 heteroatoms. The second kappa shape index (κ2) is 13.1. The Morgan fingerprint density at radius 1 is 0.708 bits per heavy atom. The number of benzene rings is 2. The molecule has 0 saturated heterocycles. The van der Waals surface area contributed by atoms with Gasteiger partial charge in [0.05, 0.1) is 0 Å². The van der Waals surface area contributed by atoms with Gasteiger partial charge in [-0.1, -0.05) is 0 Å². The Hall–Kier alpha value is -1.23. The van der Waals surface area contributed by atoms with E-state index in [2.05, 4.69) is 10.6 Å². The van der Waals surface area contributed by atoms with Gasteiger partial charge in [0.2, 0.25) is 0 Å². The van der Waals surface area contributed by atoms with E-state index in [4.69, 9.17) is 27.7 Å². The molecule has 2 aromatic rings. The molecule has 0 aliphatic rings. The summed E-state index contributed by atoms with van der Waals surface area (Å²) in [5, 5.41) is 23.5. The first-order valence-electron chi connectivity index (χ1n) is 6.29. The fourth-order valence-electron chi connectivity index (χ4n) is 1.26. The van der Waals surface area contributed by atoms with Crippen LogP contribution in [0.3, 0.4) is 0 Å². The van der Waals surface area contributed by atoms with Crippen molar-refractivity contribution in [2.24, 2.45) is 0 Å². The molecule has 0 fully saturated rings. The molecule has 0 saturated carbocycles. The van der Waals surface area contributed by atoms with Gasteiger partial charge in [-0.05, 0) is 48.5 Å². The summed E-state index contributed by atoms with van der Waals surface area (Å²) in [7, 11) is -0.987. The van der Waals surface area contributed by atoms with Gasteiger partial charge >= 0.3 is 48.1 Å². The average molecular weight is 386 g/mol. The summed E-state index contributed by atoms with van der Waals surface area (Å²) >= 11 is 0. The van der Waals surface area contributed by atoms with Crippen LogP contribution in [0.5, 0.6) is 11.5 Å². The van der Waals surface area contributed by atoms with Crippen LogP contribution < -0.4 is 10.6 Å². The Morgan fingerprint density at radius 3 is 1.08 bits per heavy atom. The third kappa shape index (κ3) is 15.7. The van der Waals surface area contributed by atoms with Gasteiger partial charge in [-0.3, -0.25) is 9.11 Å². The van der Waals surface area contributed by atoms with Gasteiger partial charge in [-0.15, -0.1) is 0 Å². The molecule has 6 N–H and O–H groups in total. The topological polar surface area (TPSA) is 139 Å². The molecule has 0 heterocycles. The van der Waals surface area contributed by atoms with E-state index in [1.165, 1.54) is 0 Å². The minimum atomic E-state index is -4.67. The zero-order valence-corrected chi connectivity index (χ0v) is 13.4. The maximum absolute atomic E-state index is 8.82. The van der Waals surface area contributed by atoms with Gasteiger partial charge in [0.15, 0.2) is 0 Å². The van der Waals surface area contributed by atoms with Crippen molar-refractivity contribution >= 4 is 59.5 Å². The predicted octanol–water partition coefficient (Wildman–Crippen LogP) is 1.30. The molecule has 0 amide bonds. The predicted molar refractivity (Wildman–Crippen MR) is 98.0 cm³/mol. The average Bonchev–Trinajstić information content (AvgIpc) is 2.48. The SMILES string of the molecule is CNc1ccc(O)cc1.CNc1ccc(O)cc1.O=S(=O)(O)O.[CaH2].